The van der Waals surface area contributed by atoms with E-state index in [1.54, 1.807) is 0 Å². The van der Waals surface area contributed by atoms with Gasteiger partial charge in [-0.1, -0.05) is 12.1 Å². The van der Waals surface area contributed by atoms with Gasteiger partial charge in [0.25, 0.3) is 5.56 Å². The molecule has 146 valence electrons. The highest BCUT2D eigenvalue weighted by Crippen LogP contribution is 2.24. The molecular weight excluding hydrogens is 354 g/mol. The molecule has 0 radical (unpaired) electrons. The first kappa shape index (κ1) is 18.4. The zero-order valence-electron chi connectivity index (χ0n) is 16.5. The number of hydrogen-bond donors (Lipinski definition) is 1. The van der Waals surface area contributed by atoms with Crippen molar-refractivity contribution in [3.8, 4) is 0 Å². The van der Waals surface area contributed by atoms with E-state index in [4.69, 9.17) is 0 Å². The van der Waals surface area contributed by atoms with Crippen LogP contribution in [0.2, 0.25) is 0 Å². The standard InChI is InChI=1S/C21H25N5O2/c1-21(2,3)26-18-10-11-25(13-14(18)12-22-26)19(27)9-8-17-20(28)24-16-7-5-4-6-15(16)23-17/h4-7,12H,8-11,13H2,1-3H3,(H,24,28). The lowest BCUT2D eigenvalue weighted by molar-refractivity contribution is -0.132. The van der Waals surface area contributed by atoms with E-state index in [0.29, 0.717) is 30.7 Å². The van der Waals surface area contributed by atoms with E-state index in [9.17, 15) is 9.59 Å². The molecule has 1 N–H and O–H groups in total. The van der Waals surface area contributed by atoms with Gasteiger partial charge in [-0.15, -0.1) is 0 Å². The molecule has 7 heteroatoms. The molecule has 0 bridgehead atoms. The number of para-hydroxylation sites is 2. The van der Waals surface area contributed by atoms with Gasteiger partial charge in [-0.05, 0) is 32.9 Å². The zero-order valence-corrected chi connectivity index (χ0v) is 16.5. The van der Waals surface area contributed by atoms with Gasteiger partial charge in [0.1, 0.15) is 5.69 Å². The number of amides is 1. The molecule has 0 spiro atoms. The minimum Gasteiger partial charge on any atom is -0.338 e. The highest BCUT2D eigenvalue weighted by Gasteiger charge is 2.27. The van der Waals surface area contributed by atoms with E-state index >= 15 is 0 Å². The van der Waals surface area contributed by atoms with Gasteiger partial charge >= 0.3 is 0 Å². The molecule has 0 saturated heterocycles. The van der Waals surface area contributed by atoms with E-state index < -0.39 is 0 Å². The summed E-state index contributed by atoms with van der Waals surface area (Å²) < 4.78 is 2.06. The maximum absolute atomic E-state index is 12.7. The van der Waals surface area contributed by atoms with Crippen LogP contribution in [0.25, 0.3) is 11.0 Å². The van der Waals surface area contributed by atoms with E-state index in [0.717, 1.165) is 17.5 Å². The van der Waals surface area contributed by atoms with Crippen molar-refractivity contribution in [2.24, 2.45) is 0 Å². The lowest BCUT2D eigenvalue weighted by Gasteiger charge is -2.30. The molecule has 28 heavy (non-hydrogen) atoms. The maximum atomic E-state index is 12.7. The maximum Gasteiger partial charge on any atom is 0.270 e. The van der Waals surface area contributed by atoms with Crippen LogP contribution in [0.3, 0.4) is 0 Å². The fourth-order valence-corrected chi connectivity index (χ4v) is 3.74. The van der Waals surface area contributed by atoms with Crippen molar-refractivity contribution in [2.75, 3.05) is 6.54 Å². The molecule has 7 nitrogen and oxygen atoms in total. The number of carbonyl (C=O) groups is 1. The Balaban J connectivity index is 1.45. The number of aryl methyl sites for hydroxylation is 1. The summed E-state index contributed by atoms with van der Waals surface area (Å²) in [6.07, 6.45) is 3.28. The Labute approximate surface area is 163 Å². The molecule has 4 rings (SSSR count). The fourth-order valence-electron chi connectivity index (χ4n) is 3.74. The number of H-pyrrole nitrogens is 1. The Kier molecular flexibility index (Phi) is 4.53. The summed E-state index contributed by atoms with van der Waals surface area (Å²) in [5, 5.41) is 4.52. The predicted octanol–water partition coefficient (Wildman–Crippen LogP) is 2.39. The number of rotatable bonds is 3. The second kappa shape index (κ2) is 6.89. The van der Waals surface area contributed by atoms with E-state index in [1.165, 1.54) is 5.69 Å². The number of benzene rings is 1. The van der Waals surface area contributed by atoms with E-state index in [1.807, 2.05) is 35.4 Å². The SMILES string of the molecule is CC(C)(C)n1ncc2c1CCN(C(=O)CCc1nc3ccccc3[nH]c1=O)C2. The number of fused-ring (bicyclic) bond motifs is 2. The van der Waals surface area contributed by atoms with Gasteiger partial charge in [-0.2, -0.15) is 5.10 Å². The Bertz CT molecular complexity index is 1090. The Morgan fingerprint density at radius 3 is 2.82 bits per heavy atom. The van der Waals surface area contributed by atoms with Crippen LogP contribution >= 0.6 is 0 Å². The van der Waals surface area contributed by atoms with Crippen molar-refractivity contribution in [3.63, 3.8) is 0 Å². The van der Waals surface area contributed by atoms with Crippen molar-refractivity contribution in [3.05, 3.63) is 57.8 Å². The van der Waals surface area contributed by atoms with Crippen LogP contribution in [0.15, 0.2) is 35.3 Å². The van der Waals surface area contributed by atoms with Gasteiger partial charge in [0.15, 0.2) is 0 Å². The average molecular weight is 379 g/mol. The van der Waals surface area contributed by atoms with Crippen molar-refractivity contribution < 1.29 is 4.79 Å². The van der Waals surface area contributed by atoms with Gasteiger partial charge in [-0.3, -0.25) is 14.3 Å². The molecular formula is C21H25N5O2. The van der Waals surface area contributed by atoms with E-state index in [-0.39, 0.29) is 23.4 Å². The Morgan fingerprint density at radius 2 is 2.04 bits per heavy atom. The third kappa shape index (κ3) is 3.44. The minimum atomic E-state index is -0.223. The summed E-state index contributed by atoms with van der Waals surface area (Å²) >= 11 is 0. The number of nitrogens with zero attached hydrogens (tertiary/aromatic N) is 4. The van der Waals surface area contributed by atoms with Crippen LogP contribution in [-0.2, 0) is 29.7 Å². The van der Waals surface area contributed by atoms with Crippen LogP contribution in [0.1, 0.15) is 44.1 Å². The van der Waals surface area contributed by atoms with Crippen LogP contribution in [0.4, 0.5) is 0 Å². The quantitative estimate of drug-likeness (QED) is 0.757. The summed E-state index contributed by atoms with van der Waals surface area (Å²) in [7, 11) is 0. The van der Waals surface area contributed by atoms with Gasteiger partial charge in [0.05, 0.1) is 22.8 Å². The molecule has 1 aliphatic heterocycles. The van der Waals surface area contributed by atoms with Gasteiger partial charge in [0.2, 0.25) is 5.91 Å². The Morgan fingerprint density at radius 1 is 1.25 bits per heavy atom. The summed E-state index contributed by atoms with van der Waals surface area (Å²) in [4.78, 5) is 34.1. The van der Waals surface area contributed by atoms with Crippen LogP contribution in [0, 0.1) is 0 Å². The number of aromatic nitrogens is 4. The van der Waals surface area contributed by atoms with Crippen LogP contribution < -0.4 is 5.56 Å². The summed E-state index contributed by atoms with van der Waals surface area (Å²) in [5.41, 5.74) is 3.89. The summed E-state index contributed by atoms with van der Waals surface area (Å²) in [5.74, 6) is 0.0449. The van der Waals surface area contributed by atoms with Gasteiger partial charge < -0.3 is 9.88 Å². The van der Waals surface area contributed by atoms with Gasteiger partial charge in [-0.25, -0.2) is 4.98 Å². The molecule has 2 aromatic heterocycles. The third-order valence-electron chi connectivity index (χ3n) is 5.17. The number of nitrogens with one attached hydrogen (secondary N) is 1. The highest BCUT2D eigenvalue weighted by atomic mass is 16.2. The molecule has 1 aliphatic rings. The summed E-state index contributed by atoms with van der Waals surface area (Å²) in [6, 6.07) is 7.42. The summed E-state index contributed by atoms with van der Waals surface area (Å²) in [6.45, 7) is 7.64. The first-order chi connectivity index (χ1) is 13.3. The van der Waals surface area contributed by atoms with Crippen LogP contribution in [0.5, 0.6) is 0 Å². The van der Waals surface area contributed by atoms with Crippen molar-refractivity contribution >= 4 is 16.9 Å². The van der Waals surface area contributed by atoms with Crippen molar-refractivity contribution in [2.45, 2.75) is 52.1 Å². The lowest BCUT2D eigenvalue weighted by atomic mass is 10.0. The largest absolute Gasteiger partial charge is 0.338 e. The van der Waals surface area contributed by atoms with Gasteiger partial charge in [0, 0.05) is 43.6 Å². The zero-order chi connectivity index (χ0) is 19.9. The molecule has 0 fully saturated rings. The minimum absolute atomic E-state index is 0.0449. The molecule has 0 atom stereocenters. The molecule has 3 heterocycles. The number of hydrogen-bond acceptors (Lipinski definition) is 4. The first-order valence-corrected chi connectivity index (χ1v) is 9.65. The molecule has 3 aromatic rings. The molecule has 1 amide bonds. The first-order valence-electron chi connectivity index (χ1n) is 9.65. The third-order valence-corrected chi connectivity index (χ3v) is 5.17. The lowest BCUT2D eigenvalue weighted by Crippen LogP contribution is -2.38. The average Bonchev–Trinajstić information content (AvgIpc) is 3.09. The molecule has 1 aromatic carbocycles. The molecule has 0 saturated carbocycles. The molecule has 0 unspecified atom stereocenters. The van der Waals surface area contributed by atoms with Crippen molar-refractivity contribution in [1.82, 2.24) is 24.6 Å². The number of aromatic amines is 1. The molecule has 0 aliphatic carbocycles. The monoisotopic (exact) mass is 379 g/mol. The number of carbonyl (C=O) groups excluding carboxylic acids is 1. The fraction of sp³-hybridized carbons (Fsp3) is 0.429. The van der Waals surface area contributed by atoms with E-state index in [2.05, 4.69) is 40.5 Å². The second-order valence-corrected chi connectivity index (χ2v) is 8.29. The van der Waals surface area contributed by atoms with Crippen molar-refractivity contribution in [1.29, 1.82) is 0 Å². The topological polar surface area (TPSA) is 83.9 Å². The van der Waals surface area contributed by atoms with Crippen LogP contribution in [-0.4, -0.2) is 37.1 Å². The Hall–Kier alpha value is -2.96. The predicted molar refractivity (Wildman–Crippen MR) is 107 cm³/mol. The smallest absolute Gasteiger partial charge is 0.270 e. The highest BCUT2D eigenvalue weighted by molar-refractivity contribution is 5.77. The second-order valence-electron chi connectivity index (χ2n) is 8.29. The normalized spacial score (nSPS) is 14.3.